The number of rotatable bonds is 0. The van der Waals surface area contributed by atoms with Crippen LogP contribution in [0.1, 0.15) is 30.5 Å². The van der Waals surface area contributed by atoms with Crippen LogP contribution in [0.15, 0.2) is 67.4 Å². The van der Waals surface area contributed by atoms with E-state index in [2.05, 4.69) is 68.2 Å². The van der Waals surface area contributed by atoms with E-state index in [0.717, 1.165) is 11.3 Å². The Morgan fingerprint density at radius 1 is 0.909 bits per heavy atom. The second-order valence-corrected chi connectivity index (χ2v) is 6.50. The summed E-state index contributed by atoms with van der Waals surface area (Å²) in [6, 6.07) is 13.3. The molecule has 22 heavy (non-hydrogen) atoms. The Bertz CT molecular complexity index is 850. The van der Waals surface area contributed by atoms with Crippen LogP contribution >= 0.6 is 0 Å². The molecule has 0 fully saturated rings. The Morgan fingerprint density at radius 2 is 1.73 bits per heavy atom. The van der Waals surface area contributed by atoms with E-state index in [-0.39, 0.29) is 5.41 Å². The molecule has 1 heterocycles. The topological polar surface area (TPSA) is 12.0 Å². The third-order valence-electron chi connectivity index (χ3n) is 4.81. The van der Waals surface area contributed by atoms with Crippen LogP contribution in [0.3, 0.4) is 0 Å². The van der Waals surface area contributed by atoms with Crippen LogP contribution in [0.25, 0.3) is 16.7 Å². The summed E-state index contributed by atoms with van der Waals surface area (Å²) in [4.78, 5) is 0. The molecule has 0 saturated carbocycles. The Labute approximate surface area is 131 Å². The molecule has 2 aromatic rings. The first-order valence-electron chi connectivity index (χ1n) is 7.66. The smallest absolute Gasteiger partial charge is 0.0465 e. The third-order valence-corrected chi connectivity index (χ3v) is 4.81. The van der Waals surface area contributed by atoms with Gasteiger partial charge in [-0.25, -0.2) is 0 Å². The summed E-state index contributed by atoms with van der Waals surface area (Å²) < 4.78 is 0. The first kappa shape index (κ1) is 13.1. The van der Waals surface area contributed by atoms with E-state index in [9.17, 15) is 0 Å². The van der Waals surface area contributed by atoms with Crippen molar-refractivity contribution in [2.75, 3.05) is 5.32 Å². The van der Waals surface area contributed by atoms with Crippen LogP contribution in [-0.2, 0) is 5.41 Å². The van der Waals surface area contributed by atoms with Crippen molar-refractivity contribution in [3.05, 3.63) is 84.1 Å². The molecule has 0 aromatic heterocycles. The zero-order chi connectivity index (χ0) is 15.3. The molecule has 0 saturated heterocycles. The van der Waals surface area contributed by atoms with Crippen LogP contribution in [0.2, 0.25) is 0 Å². The summed E-state index contributed by atoms with van der Waals surface area (Å²) >= 11 is 0. The van der Waals surface area contributed by atoms with Gasteiger partial charge in [0, 0.05) is 22.9 Å². The van der Waals surface area contributed by atoms with Crippen molar-refractivity contribution >= 4 is 11.3 Å². The Kier molecular flexibility index (Phi) is 2.67. The molecule has 1 heteroatoms. The molecule has 0 amide bonds. The number of allylic oxidation sites excluding steroid dienone is 4. The van der Waals surface area contributed by atoms with Crippen molar-refractivity contribution in [3.8, 4) is 11.1 Å². The molecule has 0 bridgehead atoms. The average molecular weight is 285 g/mol. The summed E-state index contributed by atoms with van der Waals surface area (Å²) in [5.41, 5.74) is 8.84. The second kappa shape index (κ2) is 4.48. The average Bonchev–Trinajstić information content (AvgIpc) is 2.73. The zero-order valence-corrected chi connectivity index (χ0v) is 13.0. The van der Waals surface area contributed by atoms with Gasteiger partial charge < -0.3 is 5.32 Å². The third kappa shape index (κ3) is 1.72. The van der Waals surface area contributed by atoms with Crippen molar-refractivity contribution in [2.24, 2.45) is 0 Å². The molecule has 1 N–H and O–H groups in total. The molecular formula is C21H19N. The van der Waals surface area contributed by atoms with Gasteiger partial charge >= 0.3 is 0 Å². The minimum atomic E-state index is 0.0309. The van der Waals surface area contributed by atoms with Gasteiger partial charge in [0.1, 0.15) is 0 Å². The minimum absolute atomic E-state index is 0.0309. The maximum atomic E-state index is 4.22. The lowest BCUT2D eigenvalue weighted by molar-refractivity contribution is 0.660. The fourth-order valence-electron chi connectivity index (χ4n) is 3.59. The number of hydrogen-bond acceptors (Lipinski definition) is 1. The molecular weight excluding hydrogens is 266 g/mol. The van der Waals surface area contributed by atoms with Gasteiger partial charge in [-0.1, -0.05) is 56.8 Å². The van der Waals surface area contributed by atoms with Gasteiger partial charge in [-0.3, -0.25) is 0 Å². The van der Waals surface area contributed by atoms with Crippen LogP contribution in [0, 0.1) is 0 Å². The summed E-state index contributed by atoms with van der Waals surface area (Å²) in [6.07, 6.45) is 8.06. The molecule has 4 rings (SSSR count). The predicted molar refractivity (Wildman–Crippen MR) is 94.9 cm³/mol. The number of nitrogens with one attached hydrogen (secondary N) is 1. The van der Waals surface area contributed by atoms with Crippen molar-refractivity contribution in [1.82, 2.24) is 0 Å². The standard InChI is InChI=1S/C21H19N/c1-14-8-6-7-11-22-20-13-17-15-9-4-5-10-18(15)21(2,3)19(17)12-16(14)20/h4-13,22H,1H2,2-3H3/b8-6-,11-7-. The summed E-state index contributed by atoms with van der Waals surface area (Å²) in [6.45, 7) is 8.83. The van der Waals surface area contributed by atoms with Gasteiger partial charge in [0.25, 0.3) is 0 Å². The predicted octanol–water partition coefficient (Wildman–Crippen LogP) is 5.50. The van der Waals surface area contributed by atoms with Gasteiger partial charge in [-0.15, -0.1) is 0 Å². The van der Waals surface area contributed by atoms with Crippen LogP contribution in [-0.4, -0.2) is 0 Å². The molecule has 0 unspecified atom stereocenters. The number of fused-ring (bicyclic) bond motifs is 4. The van der Waals surface area contributed by atoms with Crippen LogP contribution in [0.4, 0.5) is 5.69 Å². The maximum Gasteiger partial charge on any atom is 0.0465 e. The van der Waals surface area contributed by atoms with E-state index < -0.39 is 0 Å². The molecule has 0 radical (unpaired) electrons. The van der Waals surface area contributed by atoms with Gasteiger partial charge in [0.15, 0.2) is 0 Å². The monoisotopic (exact) mass is 285 g/mol. The van der Waals surface area contributed by atoms with Crippen molar-refractivity contribution in [3.63, 3.8) is 0 Å². The lowest BCUT2D eigenvalue weighted by Gasteiger charge is -2.23. The summed E-state index contributed by atoms with van der Waals surface area (Å²) in [5, 5.41) is 3.39. The lowest BCUT2D eigenvalue weighted by Crippen LogP contribution is -2.15. The molecule has 0 spiro atoms. The van der Waals surface area contributed by atoms with Crippen molar-refractivity contribution < 1.29 is 0 Å². The summed E-state index contributed by atoms with van der Waals surface area (Å²) in [7, 11) is 0. The van der Waals surface area contributed by atoms with E-state index in [0.29, 0.717) is 0 Å². The first-order chi connectivity index (χ1) is 10.6. The SMILES string of the molecule is C=C1/C=C\C=C/Nc2cc3c(cc21)C(C)(C)c1ccccc1-3. The number of hydrogen-bond donors (Lipinski definition) is 1. The quantitative estimate of drug-likeness (QED) is 0.673. The Balaban J connectivity index is 2.02. The molecule has 1 aliphatic heterocycles. The molecule has 1 nitrogen and oxygen atoms in total. The van der Waals surface area contributed by atoms with Crippen LogP contribution in [0.5, 0.6) is 0 Å². The Hall–Kier alpha value is -2.54. The number of anilines is 1. The normalized spacial score (nSPS) is 20.0. The van der Waals surface area contributed by atoms with E-state index in [4.69, 9.17) is 0 Å². The highest BCUT2D eigenvalue weighted by molar-refractivity contribution is 5.90. The molecule has 2 aliphatic rings. The fourth-order valence-corrected chi connectivity index (χ4v) is 3.59. The largest absolute Gasteiger partial charge is 0.361 e. The van der Waals surface area contributed by atoms with Crippen LogP contribution < -0.4 is 5.32 Å². The molecule has 0 atom stereocenters. The van der Waals surface area contributed by atoms with Gasteiger partial charge in [0.05, 0.1) is 0 Å². The first-order valence-corrected chi connectivity index (χ1v) is 7.66. The fraction of sp³-hybridized carbons (Fsp3) is 0.143. The highest BCUT2D eigenvalue weighted by atomic mass is 14.8. The number of benzene rings is 2. The molecule has 108 valence electrons. The van der Waals surface area contributed by atoms with Crippen molar-refractivity contribution in [1.29, 1.82) is 0 Å². The highest BCUT2D eigenvalue weighted by Crippen LogP contribution is 2.50. The highest BCUT2D eigenvalue weighted by Gasteiger charge is 2.35. The molecule has 1 aliphatic carbocycles. The molecule has 2 aromatic carbocycles. The van der Waals surface area contributed by atoms with Gasteiger partial charge in [-0.2, -0.15) is 0 Å². The zero-order valence-electron chi connectivity index (χ0n) is 13.0. The van der Waals surface area contributed by atoms with Crippen molar-refractivity contribution in [2.45, 2.75) is 19.3 Å². The van der Waals surface area contributed by atoms with Gasteiger partial charge in [0.2, 0.25) is 0 Å². The van der Waals surface area contributed by atoms with E-state index in [1.807, 2.05) is 18.4 Å². The minimum Gasteiger partial charge on any atom is -0.361 e. The van der Waals surface area contributed by atoms with E-state index in [1.165, 1.54) is 27.8 Å². The lowest BCUT2D eigenvalue weighted by atomic mass is 9.81. The van der Waals surface area contributed by atoms with E-state index >= 15 is 0 Å². The second-order valence-electron chi connectivity index (χ2n) is 6.50. The Morgan fingerprint density at radius 3 is 2.59 bits per heavy atom. The summed E-state index contributed by atoms with van der Waals surface area (Å²) in [5.74, 6) is 0. The van der Waals surface area contributed by atoms with E-state index in [1.54, 1.807) is 0 Å². The maximum absolute atomic E-state index is 4.22. The van der Waals surface area contributed by atoms with Gasteiger partial charge in [-0.05, 0) is 46.0 Å².